The molecule has 0 saturated heterocycles. The third-order valence-electron chi connectivity index (χ3n) is 4.03. The van der Waals surface area contributed by atoms with Crippen LogP contribution >= 0.6 is 0 Å². The second kappa shape index (κ2) is 8.26. The molecule has 2 aromatic heterocycles. The van der Waals surface area contributed by atoms with E-state index in [1.807, 2.05) is 13.0 Å². The highest BCUT2D eigenvalue weighted by Gasteiger charge is 2.32. The van der Waals surface area contributed by atoms with Crippen LogP contribution in [0.25, 0.3) is 11.3 Å². The maximum atomic E-state index is 12.8. The number of carbonyl (C=O) groups is 1. The van der Waals surface area contributed by atoms with E-state index in [2.05, 4.69) is 20.3 Å². The van der Waals surface area contributed by atoms with Crippen LogP contribution in [0.1, 0.15) is 23.2 Å². The lowest BCUT2D eigenvalue weighted by molar-refractivity contribution is -0.141. The normalized spacial score (nSPS) is 11.3. The molecular formula is C20H17F3N4O2. The summed E-state index contributed by atoms with van der Waals surface area (Å²) in [5, 5.41) is 11.6. The minimum atomic E-state index is -4.56. The number of hydrogen-bond acceptors (Lipinski definition) is 5. The molecule has 0 saturated carbocycles. The van der Waals surface area contributed by atoms with Crippen LogP contribution in [0.5, 0.6) is 0 Å². The first-order chi connectivity index (χ1) is 13.7. The van der Waals surface area contributed by atoms with Crippen molar-refractivity contribution in [1.82, 2.24) is 15.0 Å². The first-order valence-corrected chi connectivity index (χ1v) is 8.67. The largest absolute Gasteiger partial charge is 0.481 e. The molecule has 3 aromatic rings. The van der Waals surface area contributed by atoms with E-state index in [0.717, 1.165) is 29.0 Å². The molecule has 29 heavy (non-hydrogen) atoms. The number of nitrogens with one attached hydrogen (secondary N) is 1. The molecule has 0 amide bonds. The molecule has 2 N–H and O–H groups in total. The van der Waals surface area contributed by atoms with E-state index in [1.54, 1.807) is 30.5 Å². The van der Waals surface area contributed by atoms with Crippen molar-refractivity contribution < 1.29 is 23.1 Å². The number of anilines is 2. The summed E-state index contributed by atoms with van der Waals surface area (Å²) in [6, 6.07) is 9.70. The summed E-state index contributed by atoms with van der Waals surface area (Å²) in [5.41, 5.74) is 2.53. The Balaban J connectivity index is 1.87. The first kappa shape index (κ1) is 20.2. The zero-order valence-corrected chi connectivity index (χ0v) is 15.4. The van der Waals surface area contributed by atoms with Crippen molar-refractivity contribution in [2.45, 2.75) is 25.9 Å². The molecule has 0 aliphatic heterocycles. The molecule has 150 valence electrons. The van der Waals surface area contributed by atoms with E-state index in [9.17, 15) is 18.0 Å². The molecule has 0 radical (unpaired) electrons. The van der Waals surface area contributed by atoms with E-state index in [-0.39, 0.29) is 12.4 Å². The summed E-state index contributed by atoms with van der Waals surface area (Å²) >= 11 is 0. The third-order valence-corrected chi connectivity index (χ3v) is 4.03. The second-order valence-electron chi connectivity index (χ2n) is 6.42. The summed E-state index contributed by atoms with van der Waals surface area (Å²) in [7, 11) is 0. The van der Waals surface area contributed by atoms with Gasteiger partial charge in [0.1, 0.15) is 5.69 Å². The van der Waals surface area contributed by atoms with Gasteiger partial charge in [0.15, 0.2) is 0 Å². The zero-order chi connectivity index (χ0) is 21.0. The highest BCUT2D eigenvalue weighted by atomic mass is 19.4. The fraction of sp³-hybridized carbons (Fsp3) is 0.200. The lowest BCUT2D eigenvalue weighted by Gasteiger charge is -2.11. The van der Waals surface area contributed by atoms with Gasteiger partial charge in [-0.05, 0) is 60.9 Å². The van der Waals surface area contributed by atoms with Gasteiger partial charge in [-0.15, -0.1) is 0 Å². The number of alkyl halides is 3. The van der Waals surface area contributed by atoms with Gasteiger partial charge in [-0.2, -0.15) is 13.2 Å². The van der Waals surface area contributed by atoms with Crippen LogP contribution in [0.2, 0.25) is 0 Å². The summed E-state index contributed by atoms with van der Waals surface area (Å²) in [6.45, 7) is 1.84. The van der Waals surface area contributed by atoms with Crippen molar-refractivity contribution in [3.63, 3.8) is 0 Å². The van der Waals surface area contributed by atoms with Gasteiger partial charge in [0.05, 0.1) is 5.69 Å². The van der Waals surface area contributed by atoms with Crippen molar-refractivity contribution in [3.8, 4) is 11.3 Å². The Bertz CT molecular complexity index is 1040. The third kappa shape index (κ3) is 5.50. The number of carboxylic acid groups (broad SMARTS) is 1. The molecule has 0 aliphatic carbocycles. The summed E-state index contributed by atoms with van der Waals surface area (Å²) in [6.07, 6.45) is -1.53. The average Bonchev–Trinajstić information content (AvgIpc) is 2.66. The fourth-order valence-corrected chi connectivity index (χ4v) is 2.75. The van der Waals surface area contributed by atoms with Gasteiger partial charge in [-0.1, -0.05) is 0 Å². The molecule has 0 atom stereocenters. The molecular weight excluding hydrogens is 385 g/mol. The van der Waals surface area contributed by atoms with Gasteiger partial charge in [0.2, 0.25) is 5.95 Å². The summed E-state index contributed by atoms with van der Waals surface area (Å²) < 4.78 is 38.5. The molecule has 3 rings (SSSR count). The average molecular weight is 402 g/mol. The van der Waals surface area contributed by atoms with Crippen LogP contribution in [0.15, 0.2) is 48.8 Å². The maximum absolute atomic E-state index is 12.8. The molecule has 0 bridgehead atoms. The van der Waals surface area contributed by atoms with Crippen LogP contribution in [-0.2, 0) is 17.4 Å². The van der Waals surface area contributed by atoms with Gasteiger partial charge in [0.25, 0.3) is 0 Å². The van der Waals surface area contributed by atoms with E-state index in [1.165, 1.54) is 0 Å². The smallest absolute Gasteiger partial charge is 0.433 e. The van der Waals surface area contributed by atoms with Gasteiger partial charge in [-0.25, -0.2) is 9.97 Å². The number of aliphatic carboxylic acids is 1. The van der Waals surface area contributed by atoms with Crippen molar-refractivity contribution >= 4 is 17.6 Å². The molecule has 1 aromatic carbocycles. The lowest BCUT2D eigenvalue weighted by Crippen LogP contribution is -2.10. The fourth-order valence-electron chi connectivity index (χ4n) is 2.75. The molecule has 0 fully saturated rings. The van der Waals surface area contributed by atoms with Crippen LogP contribution in [0, 0.1) is 6.92 Å². The van der Waals surface area contributed by atoms with Gasteiger partial charge < -0.3 is 10.4 Å². The molecule has 0 aliphatic rings. The maximum Gasteiger partial charge on any atom is 0.433 e. The number of carboxylic acids is 1. The van der Waals surface area contributed by atoms with E-state index in [4.69, 9.17) is 5.11 Å². The number of hydrogen-bond donors (Lipinski definition) is 2. The SMILES string of the molecule is Cc1cc(Nc2nccc(C(F)(F)F)n2)cc(-c2cc(CCC(=O)O)ccn2)c1. The zero-order valence-electron chi connectivity index (χ0n) is 15.4. The number of nitrogens with zero attached hydrogens (tertiary/aromatic N) is 3. The van der Waals surface area contributed by atoms with E-state index < -0.39 is 17.8 Å². The Hall–Kier alpha value is -3.49. The highest BCUT2D eigenvalue weighted by molar-refractivity contribution is 5.69. The Morgan fingerprint density at radius 3 is 2.59 bits per heavy atom. The van der Waals surface area contributed by atoms with Crippen molar-refractivity contribution in [1.29, 1.82) is 0 Å². The summed E-state index contributed by atoms with van der Waals surface area (Å²) in [5.74, 6) is -1.05. The Kier molecular flexibility index (Phi) is 5.76. The Morgan fingerprint density at radius 2 is 1.86 bits per heavy atom. The first-order valence-electron chi connectivity index (χ1n) is 8.67. The number of rotatable bonds is 6. The van der Waals surface area contributed by atoms with Crippen molar-refractivity contribution in [3.05, 3.63) is 65.6 Å². The van der Waals surface area contributed by atoms with E-state index >= 15 is 0 Å². The van der Waals surface area contributed by atoms with Crippen LogP contribution < -0.4 is 5.32 Å². The molecule has 0 unspecified atom stereocenters. The number of aromatic nitrogens is 3. The van der Waals surface area contributed by atoms with Crippen LogP contribution in [0.3, 0.4) is 0 Å². The minimum Gasteiger partial charge on any atom is -0.481 e. The number of pyridine rings is 1. The quantitative estimate of drug-likeness (QED) is 0.625. The standard InChI is InChI=1S/C20H17F3N4O2/c1-12-8-14(16-10-13(4-6-24-16)2-3-18(28)29)11-15(9-12)26-19-25-7-5-17(27-19)20(21,22)23/h4-11H,2-3H2,1H3,(H,28,29)(H,25,26,27). The monoisotopic (exact) mass is 402 g/mol. The van der Waals surface area contributed by atoms with Gasteiger partial charge in [0, 0.05) is 30.1 Å². The molecule has 2 heterocycles. The number of benzene rings is 1. The molecule has 6 nitrogen and oxygen atoms in total. The second-order valence-corrected chi connectivity index (χ2v) is 6.42. The Labute approximate surface area is 164 Å². The van der Waals surface area contributed by atoms with Gasteiger partial charge >= 0.3 is 12.1 Å². The van der Waals surface area contributed by atoms with Crippen molar-refractivity contribution in [2.24, 2.45) is 0 Å². The van der Waals surface area contributed by atoms with Crippen LogP contribution in [-0.4, -0.2) is 26.0 Å². The predicted octanol–water partition coefficient (Wildman–Crippen LogP) is 4.63. The molecule has 0 spiro atoms. The Morgan fingerprint density at radius 1 is 1.10 bits per heavy atom. The number of halogens is 3. The highest BCUT2D eigenvalue weighted by Crippen LogP contribution is 2.29. The van der Waals surface area contributed by atoms with Gasteiger partial charge in [-0.3, -0.25) is 9.78 Å². The summed E-state index contributed by atoms with van der Waals surface area (Å²) in [4.78, 5) is 22.4. The topological polar surface area (TPSA) is 88.0 Å². The minimum absolute atomic E-state index is 0.0109. The van der Waals surface area contributed by atoms with E-state index in [0.29, 0.717) is 17.8 Å². The predicted molar refractivity (Wildman–Crippen MR) is 101 cm³/mol. The number of aryl methyl sites for hydroxylation is 2. The lowest BCUT2D eigenvalue weighted by atomic mass is 10.0. The van der Waals surface area contributed by atoms with Crippen molar-refractivity contribution in [2.75, 3.05) is 5.32 Å². The van der Waals surface area contributed by atoms with Crippen LogP contribution in [0.4, 0.5) is 24.8 Å². The molecule has 9 heteroatoms.